The van der Waals surface area contributed by atoms with Crippen molar-refractivity contribution in [2.24, 2.45) is 5.92 Å². The molecule has 136 valence electrons. The van der Waals surface area contributed by atoms with E-state index in [2.05, 4.69) is 22.3 Å². The second kappa shape index (κ2) is 7.48. The Bertz CT molecular complexity index is 748. The number of rotatable bonds is 5. The lowest BCUT2D eigenvalue weighted by atomic mass is 9.99. The third-order valence-electron chi connectivity index (χ3n) is 5.18. The summed E-state index contributed by atoms with van der Waals surface area (Å²) in [4.78, 5) is 15.1. The van der Waals surface area contributed by atoms with Gasteiger partial charge in [0.1, 0.15) is 5.75 Å². The molecule has 5 nitrogen and oxygen atoms in total. The number of hydrogen-bond donors (Lipinski definition) is 1. The molecule has 2 saturated heterocycles. The van der Waals surface area contributed by atoms with Gasteiger partial charge in [-0.3, -0.25) is 9.69 Å². The summed E-state index contributed by atoms with van der Waals surface area (Å²) in [6.45, 7) is 2.53. The number of carbonyl (C=O) groups excluding carboxylic acids is 1. The minimum atomic E-state index is -0.0823. The van der Waals surface area contributed by atoms with Crippen molar-refractivity contribution in [1.29, 1.82) is 0 Å². The first-order chi connectivity index (χ1) is 12.7. The van der Waals surface area contributed by atoms with Gasteiger partial charge in [-0.05, 0) is 36.2 Å². The summed E-state index contributed by atoms with van der Waals surface area (Å²) >= 11 is 0. The molecule has 1 N–H and O–H groups in total. The van der Waals surface area contributed by atoms with Gasteiger partial charge in [0.2, 0.25) is 5.91 Å². The van der Waals surface area contributed by atoms with Gasteiger partial charge in [-0.2, -0.15) is 0 Å². The molecule has 0 aromatic heterocycles. The van der Waals surface area contributed by atoms with Crippen LogP contribution in [0.5, 0.6) is 5.75 Å². The number of carbonyl (C=O) groups is 1. The Balaban J connectivity index is 1.37. The fourth-order valence-electron chi connectivity index (χ4n) is 3.89. The molecule has 2 heterocycles. The molecule has 0 unspecified atom stereocenters. The number of ether oxygens (including phenoxy) is 2. The number of morpholine rings is 1. The molecule has 26 heavy (non-hydrogen) atoms. The number of anilines is 1. The van der Waals surface area contributed by atoms with Crippen molar-refractivity contribution in [3.63, 3.8) is 0 Å². The maximum atomic E-state index is 12.7. The van der Waals surface area contributed by atoms with E-state index in [0.717, 1.165) is 37.5 Å². The van der Waals surface area contributed by atoms with E-state index in [1.165, 1.54) is 5.56 Å². The number of amides is 1. The Morgan fingerprint density at radius 3 is 2.65 bits per heavy atom. The largest absolute Gasteiger partial charge is 0.497 e. The summed E-state index contributed by atoms with van der Waals surface area (Å²) in [6.07, 6.45) is 0.900. The molecule has 4 rings (SSSR count). The Morgan fingerprint density at radius 1 is 1.15 bits per heavy atom. The second-order valence-electron chi connectivity index (χ2n) is 7.04. The van der Waals surface area contributed by atoms with Crippen LogP contribution in [0.3, 0.4) is 0 Å². The zero-order chi connectivity index (χ0) is 17.9. The minimum absolute atomic E-state index is 0.0317. The van der Waals surface area contributed by atoms with E-state index in [-0.39, 0.29) is 24.0 Å². The van der Waals surface area contributed by atoms with E-state index in [1.54, 1.807) is 7.11 Å². The molecule has 2 aliphatic rings. The first-order valence-electron chi connectivity index (χ1n) is 9.08. The highest BCUT2D eigenvalue weighted by atomic mass is 16.5. The van der Waals surface area contributed by atoms with E-state index >= 15 is 0 Å². The number of likely N-dealkylation sites (tertiary alicyclic amines) is 1. The van der Waals surface area contributed by atoms with Gasteiger partial charge in [-0.25, -0.2) is 0 Å². The second-order valence-corrected chi connectivity index (χ2v) is 7.04. The lowest BCUT2D eigenvalue weighted by molar-refractivity contribution is -0.123. The summed E-state index contributed by atoms with van der Waals surface area (Å²) in [6, 6.07) is 17.8. The lowest BCUT2D eigenvalue weighted by Gasteiger charge is -2.32. The molecule has 2 aromatic carbocycles. The van der Waals surface area contributed by atoms with Crippen molar-refractivity contribution in [2.45, 2.75) is 25.2 Å². The zero-order valence-corrected chi connectivity index (χ0v) is 14.9. The fourth-order valence-corrected chi connectivity index (χ4v) is 3.89. The Labute approximate surface area is 153 Å². The van der Waals surface area contributed by atoms with Crippen LogP contribution in [0.25, 0.3) is 0 Å². The molecule has 0 saturated carbocycles. The molecular formula is C21H24N2O3. The molecular weight excluding hydrogens is 328 g/mol. The molecule has 0 aliphatic carbocycles. The lowest BCUT2D eigenvalue weighted by Crippen LogP contribution is -2.44. The van der Waals surface area contributed by atoms with Crippen LogP contribution in [-0.2, 0) is 16.1 Å². The van der Waals surface area contributed by atoms with Crippen LogP contribution in [0.4, 0.5) is 5.69 Å². The Hall–Kier alpha value is -2.37. The predicted molar refractivity (Wildman–Crippen MR) is 100 cm³/mol. The SMILES string of the molecule is COc1ccc(CN2C[C@@H]3C[C@@H](C(=O)Nc4ccccc4)[C@H](C2)O3)cc1. The standard InChI is InChI=1S/C21H24N2O3/c1-25-17-9-7-15(8-10-17)12-23-13-18-11-19(20(14-23)26-18)21(24)22-16-5-3-2-4-6-16/h2-10,18-20H,11-14H2,1H3,(H,22,24)/t18-,19+,20-/m0/s1. The van der Waals surface area contributed by atoms with Gasteiger partial charge in [0.25, 0.3) is 0 Å². The summed E-state index contributed by atoms with van der Waals surface area (Å²) in [5, 5.41) is 3.02. The van der Waals surface area contributed by atoms with Crippen LogP contribution in [0.15, 0.2) is 54.6 Å². The van der Waals surface area contributed by atoms with Crippen molar-refractivity contribution in [3.05, 3.63) is 60.2 Å². The maximum Gasteiger partial charge on any atom is 0.230 e. The number of benzene rings is 2. The van der Waals surface area contributed by atoms with Crippen molar-refractivity contribution >= 4 is 11.6 Å². The normalized spacial score (nSPS) is 25.0. The van der Waals surface area contributed by atoms with Gasteiger partial charge < -0.3 is 14.8 Å². The molecule has 2 fully saturated rings. The topological polar surface area (TPSA) is 50.8 Å². The molecule has 3 atom stereocenters. The molecule has 2 aromatic rings. The minimum Gasteiger partial charge on any atom is -0.497 e. The van der Waals surface area contributed by atoms with Gasteiger partial charge in [0.15, 0.2) is 0 Å². The van der Waals surface area contributed by atoms with Crippen molar-refractivity contribution in [2.75, 3.05) is 25.5 Å². The number of nitrogens with zero attached hydrogens (tertiary/aromatic N) is 1. The Morgan fingerprint density at radius 2 is 1.92 bits per heavy atom. The number of fused-ring (bicyclic) bond motifs is 2. The highest BCUT2D eigenvalue weighted by Gasteiger charge is 2.44. The van der Waals surface area contributed by atoms with Crippen LogP contribution in [0, 0.1) is 5.92 Å². The van der Waals surface area contributed by atoms with Crippen molar-refractivity contribution in [3.8, 4) is 5.75 Å². The zero-order valence-electron chi connectivity index (χ0n) is 14.9. The van der Waals surface area contributed by atoms with Gasteiger partial charge in [0.05, 0.1) is 25.2 Å². The molecule has 2 bridgehead atoms. The molecule has 1 amide bonds. The van der Waals surface area contributed by atoms with Crippen LogP contribution in [-0.4, -0.2) is 43.2 Å². The number of hydrogen-bond acceptors (Lipinski definition) is 4. The molecule has 0 spiro atoms. The highest BCUT2D eigenvalue weighted by Crippen LogP contribution is 2.33. The van der Waals surface area contributed by atoms with Gasteiger partial charge in [-0.1, -0.05) is 30.3 Å². The number of nitrogens with one attached hydrogen (secondary N) is 1. The number of methoxy groups -OCH3 is 1. The summed E-state index contributed by atoms with van der Waals surface area (Å²) in [5.41, 5.74) is 2.09. The van der Waals surface area contributed by atoms with Crippen molar-refractivity contribution in [1.82, 2.24) is 4.90 Å². The van der Waals surface area contributed by atoms with E-state index in [4.69, 9.17) is 9.47 Å². The first-order valence-corrected chi connectivity index (χ1v) is 9.08. The molecule has 5 heteroatoms. The average Bonchev–Trinajstić information content (AvgIpc) is 2.97. The van der Waals surface area contributed by atoms with Crippen LogP contribution < -0.4 is 10.1 Å². The maximum absolute atomic E-state index is 12.7. The summed E-state index contributed by atoms with van der Waals surface area (Å²) < 4.78 is 11.3. The highest BCUT2D eigenvalue weighted by molar-refractivity contribution is 5.93. The van der Waals surface area contributed by atoms with Gasteiger partial charge in [-0.15, -0.1) is 0 Å². The monoisotopic (exact) mass is 352 g/mol. The van der Waals surface area contributed by atoms with Crippen LogP contribution >= 0.6 is 0 Å². The van der Waals surface area contributed by atoms with E-state index in [0.29, 0.717) is 0 Å². The summed E-state index contributed by atoms with van der Waals surface area (Å²) in [5.74, 6) is 0.851. The van der Waals surface area contributed by atoms with Crippen LogP contribution in [0.1, 0.15) is 12.0 Å². The third-order valence-corrected chi connectivity index (χ3v) is 5.18. The average molecular weight is 352 g/mol. The Kier molecular flexibility index (Phi) is 4.91. The summed E-state index contributed by atoms with van der Waals surface area (Å²) in [7, 11) is 1.68. The number of para-hydroxylation sites is 1. The molecule has 0 radical (unpaired) electrons. The van der Waals surface area contributed by atoms with Crippen molar-refractivity contribution < 1.29 is 14.3 Å². The predicted octanol–water partition coefficient (Wildman–Crippen LogP) is 2.92. The smallest absolute Gasteiger partial charge is 0.230 e. The van der Waals surface area contributed by atoms with Crippen LogP contribution in [0.2, 0.25) is 0 Å². The first kappa shape index (κ1) is 17.1. The van der Waals surface area contributed by atoms with E-state index in [9.17, 15) is 4.79 Å². The van der Waals surface area contributed by atoms with E-state index in [1.807, 2.05) is 42.5 Å². The molecule has 2 aliphatic heterocycles. The fraction of sp³-hybridized carbons (Fsp3) is 0.381. The van der Waals surface area contributed by atoms with Gasteiger partial charge >= 0.3 is 0 Å². The van der Waals surface area contributed by atoms with Gasteiger partial charge in [0, 0.05) is 25.3 Å². The quantitative estimate of drug-likeness (QED) is 0.899. The third kappa shape index (κ3) is 3.74. The van der Waals surface area contributed by atoms with E-state index < -0.39 is 0 Å².